The maximum atomic E-state index is 11.9. The summed E-state index contributed by atoms with van der Waals surface area (Å²) in [5.74, 6) is 0.386. The Morgan fingerprint density at radius 2 is 2.24 bits per heavy atom. The van der Waals surface area contributed by atoms with E-state index < -0.39 is 22.0 Å². The molecule has 17 heavy (non-hydrogen) atoms. The molecule has 1 aromatic rings. The van der Waals surface area contributed by atoms with Gasteiger partial charge in [-0.3, -0.25) is 18.1 Å². The Labute approximate surface area is 99.6 Å². The van der Waals surface area contributed by atoms with E-state index in [1.54, 1.807) is 0 Å². The lowest BCUT2D eigenvalue weighted by Gasteiger charge is -2.06. The van der Waals surface area contributed by atoms with Gasteiger partial charge in [0.1, 0.15) is 5.03 Å². The van der Waals surface area contributed by atoms with Crippen LogP contribution in [0.25, 0.3) is 0 Å². The van der Waals surface area contributed by atoms with Crippen LogP contribution < -0.4 is 11.2 Å². The Balaban J connectivity index is 2.43. The molecule has 0 amide bonds. The highest BCUT2D eigenvalue weighted by molar-refractivity contribution is 7.85. The van der Waals surface area contributed by atoms with Crippen molar-refractivity contribution in [1.29, 1.82) is 5.26 Å². The largest absolute Gasteiger partial charge is 0.331 e. The summed E-state index contributed by atoms with van der Waals surface area (Å²) in [7, 11) is -1.24. The van der Waals surface area contributed by atoms with Gasteiger partial charge in [0, 0.05) is 31.3 Å². The molecule has 7 heteroatoms. The SMILES string of the molecule is N#CCCCn1c(=O)cc2n(c1=O)CCS2=O. The Hall–Kier alpha value is -1.68. The normalized spacial score (nSPS) is 17.7. The first kappa shape index (κ1) is 11.8. The summed E-state index contributed by atoms with van der Waals surface area (Å²) in [4.78, 5) is 23.6. The molecule has 0 saturated carbocycles. The lowest BCUT2D eigenvalue weighted by Crippen LogP contribution is -2.39. The third-order valence-corrected chi connectivity index (χ3v) is 4.00. The summed E-state index contributed by atoms with van der Waals surface area (Å²) < 4.78 is 14.0. The molecule has 1 atom stereocenters. The van der Waals surface area contributed by atoms with Gasteiger partial charge in [0.25, 0.3) is 5.56 Å². The van der Waals surface area contributed by atoms with Crippen LogP contribution in [0.15, 0.2) is 20.7 Å². The lowest BCUT2D eigenvalue weighted by molar-refractivity contribution is 0.531. The van der Waals surface area contributed by atoms with Crippen LogP contribution in [0.5, 0.6) is 0 Å². The first-order valence-electron chi connectivity index (χ1n) is 5.25. The first-order valence-corrected chi connectivity index (χ1v) is 6.57. The van der Waals surface area contributed by atoms with Crippen LogP contribution in [0.1, 0.15) is 12.8 Å². The van der Waals surface area contributed by atoms with Crippen LogP contribution in [-0.4, -0.2) is 19.1 Å². The third-order valence-electron chi connectivity index (χ3n) is 2.64. The van der Waals surface area contributed by atoms with Crippen molar-refractivity contribution in [3.05, 3.63) is 26.9 Å². The zero-order chi connectivity index (χ0) is 12.4. The van der Waals surface area contributed by atoms with Crippen molar-refractivity contribution < 1.29 is 4.21 Å². The quantitative estimate of drug-likeness (QED) is 0.533. The molecule has 0 N–H and O–H groups in total. The third kappa shape index (κ3) is 2.08. The predicted octanol–water partition coefficient (Wildman–Crippen LogP) is -0.565. The maximum absolute atomic E-state index is 11.9. The van der Waals surface area contributed by atoms with Crippen molar-refractivity contribution in [2.75, 3.05) is 5.75 Å². The maximum Gasteiger partial charge on any atom is 0.331 e. The number of fused-ring (bicyclic) bond motifs is 1. The van der Waals surface area contributed by atoms with Gasteiger partial charge in [-0.1, -0.05) is 0 Å². The van der Waals surface area contributed by atoms with Gasteiger partial charge >= 0.3 is 5.69 Å². The monoisotopic (exact) mass is 253 g/mol. The highest BCUT2D eigenvalue weighted by atomic mass is 32.2. The molecule has 2 heterocycles. The number of aromatic nitrogens is 2. The molecule has 6 nitrogen and oxygen atoms in total. The minimum Gasteiger partial charge on any atom is -0.285 e. The second-order valence-electron chi connectivity index (χ2n) is 3.72. The molecule has 1 unspecified atom stereocenters. The standard InChI is InChI=1S/C10H11N3O3S/c11-3-1-2-4-12-8(14)7-9-13(10(12)15)5-6-17(9)16/h7H,1-2,4-6H2. The highest BCUT2D eigenvalue weighted by Gasteiger charge is 2.21. The smallest absolute Gasteiger partial charge is 0.285 e. The molecule has 2 rings (SSSR count). The zero-order valence-corrected chi connectivity index (χ0v) is 9.90. The molecular formula is C10H11N3O3S. The van der Waals surface area contributed by atoms with E-state index in [0.29, 0.717) is 30.2 Å². The number of hydrogen-bond donors (Lipinski definition) is 0. The average molecular weight is 253 g/mol. The second kappa shape index (κ2) is 4.67. The molecular weight excluding hydrogens is 242 g/mol. The average Bonchev–Trinajstić information content (AvgIpc) is 2.66. The van der Waals surface area contributed by atoms with E-state index in [4.69, 9.17) is 5.26 Å². The van der Waals surface area contributed by atoms with Crippen LogP contribution in [0.3, 0.4) is 0 Å². The zero-order valence-electron chi connectivity index (χ0n) is 9.09. The van der Waals surface area contributed by atoms with E-state index in [-0.39, 0.29) is 6.54 Å². The van der Waals surface area contributed by atoms with Crippen LogP contribution in [0.4, 0.5) is 0 Å². The van der Waals surface area contributed by atoms with Crippen LogP contribution in [-0.2, 0) is 23.9 Å². The number of hydrogen-bond acceptors (Lipinski definition) is 4. The van der Waals surface area contributed by atoms with Crippen LogP contribution in [0, 0.1) is 11.3 Å². The predicted molar refractivity (Wildman–Crippen MR) is 61.1 cm³/mol. The Kier molecular flexibility index (Phi) is 3.24. The van der Waals surface area contributed by atoms with Crippen molar-refractivity contribution in [1.82, 2.24) is 9.13 Å². The molecule has 1 aliphatic heterocycles. The summed E-state index contributed by atoms with van der Waals surface area (Å²) in [6.45, 7) is 0.622. The minimum absolute atomic E-state index is 0.234. The number of rotatable bonds is 3. The van der Waals surface area contributed by atoms with Gasteiger partial charge in [-0.15, -0.1) is 0 Å². The van der Waals surface area contributed by atoms with Gasteiger partial charge in [0.15, 0.2) is 0 Å². The van der Waals surface area contributed by atoms with E-state index >= 15 is 0 Å². The van der Waals surface area contributed by atoms with Crippen LogP contribution >= 0.6 is 0 Å². The van der Waals surface area contributed by atoms with E-state index in [1.165, 1.54) is 10.6 Å². The topological polar surface area (TPSA) is 84.9 Å². The highest BCUT2D eigenvalue weighted by Crippen LogP contribution is 2.09. The number of nitrogens with zero attached hydrogens (tertiary/aromatic N) is 3. The fourth-order valence-electron chi connectivity index (χ4n) is 1.79. The Bertz CT molecular complexity index is 623. The van der Waals surface area contributed by atoms with Crippen molar-refractivity contribution in [3.63, 3.8) is 0 Å². The van der Waals surface area contributed by atoms with Crippen molar-refractivity contribution in [3.8, 4) is 6.07 Å². The van der Waals surface area contributed by atoms with Crippen molar-refractivity contribution in [2.45, 2.75) is 31.0 Å². The van der Waals surface area contributed by atoms with Gasteiger partial charge in [0.2, 0.25) is 0 Å². The van der Waals surface area contributed by atoms with Gasteiger partial charge in [0.05, 0.1) is 16.9 Å². The van der Waals surface area contributed by atoms with E-state index in [1.807, 2.05) is 6.07 Å². The van der Waals surface area contributed by atoms with E-state index in [2.05, 4.69) is 0 Å². The fraction of sp³-hybridized carbons (Fsp3) is 0.500. The first-order chi connectivity index (χ1) is 8.15. The fourth-order valence-corrected chi connectivity index (χ4v) is 3.00. The molecule has 90 valence electrons. The Morgan fingerprint density at radius 3 is 2.94 bits per heavy atom. The van der Waals surface area contributed by atoms with Gasteiger partial charge in [-0.05, 0) is 6.42 Å². The summed E-state index contributed by atoms with van der Waals surface area (Å²) in [6, 6.07) is 3.22. The summed E-state index contributed by atoms with van der Waals surface area (Å²) >= 11 is 0. The molecule has 0 aliphatic carbocycles. The molecule has 0 saturated heterocycles. The lowest BCUT2D eigenvalue weighted by atomic mass is 10.3. The second-order valence-corrected chi connectivity index (χ2v) is 5.24. The van der Waals surface area contributed by atoms with Gasteiger partial charge in [-0.25, -0.2) is 4.79 Å². The van der Waals surface area contributed by atoms with Crippen molar-refractivity contribution >= 4 is 10.8 Å². The molecule has 0 spiro atoms. The van der Waals surface area contributed by atoms with Crippen LogP contribution in [0.2, 0.25) is 0 Å². The van der Waals surface area contributed by atoms with Gasteiger partial charge < -0.3 is 0 Å². The minimum atomic E-state index is -1.24. The number of nitriles is 1. The molecule has 1 aliphatic rings. The molecule has 0 aromatic carbocycles. The summed E-state index contributed by atoms with van der Waals surface area (Å²) in [6.07, 6.45) is 0.771. The van der Waals surface area contributed by atoms with E-state index in [9.17, 15) is 13.8 Å². The summed E-state index contributed by atoms with van der Waals surface area (Å²) in [5, 5.41) is 8.73. The van der Waals surface area contributed by atoms with E-state index in [0.717, 1.165) is 4.57 Å². The van der Waals surface area contributed by atoms with Gasteiger partial charge in [-0.2, -0.15) is 5.26 Å². The summed E-state index contributed by atoms with van der Waals surface area (Å²) in [5.41, 5.74) is -0.856. The van der Waals surface area contributed by atoms with Crippen molar-refractivity contribution in [2.24, 2.45) is 0 Å². The number of unbranched alkanes of at least 4 members (excludes halogenated alkanes) is 1. The molecule has 0 bridgehead atoms. The molecule has 0 fully saturated rings. The Morgan fingerprint density at radius 1 is 1.47 bits per heavy atom. The molecule has 0 radical (unpaired) electrons. The molecule has 1 aromatic heterocycles.